The van der Waals surface area contributed by atoms with Crippen molar-refractivity contribution in [1.29, 1.82) is 5.26 Å². The number of hydrogen-bond acceptors (Lipinski definition) is 3. The van der Waals surface area contributed by atoms with Crippen LogP contribution in [-0.4, -0.2) is 10.1 Å². The quantitative estimate of drug-likeness (QED) is 0.850. The summed E-state index contributed by atoms with van der Waals surface area (Å²) < 4.78 is 25.2. The van der Waals surface area contributed by atoms with Gasteiger partial charge in [0.1, 0.15) is 11.8 Å². The Balaban J connectivity index is 3.43. The van der Waals surface area contributed by atoms with Gasteiger partial charge in [-0.05, 0) is 22.6 Å². The van der Waals surface area contributed by atoms with E-state index in [0.29, 0.717) is 3.57 Å². The molecule has 1 heterocycles. The van der Waals surface area contributed by atoms with Crippen LogP contribution in [0.15, 0.2) is 6.20 Å². The minimum absolute atomic E-state index is 0.207. The monoisotopic (exact) mass is 310 g/mol. The van der Waals surface area contributed by atoms with Crippen LogP contribution in [-0.2, 0) is 6.61 Å². The largest absolute Gasteiger partial charge is 0.392 e. The second-order valence-corrected chi connectivity index (χ2v) is 3.58. The van der Waals surface area contributed by atoms with Gasteiger partial charge in [-0.3, -0.25) is 4.98 Å². The zero-order valence-electron chi connectivity index (χ0n) is 6.84. The van der Waals surface area contributed by atoms with E-state index < -0.39 is 18.7 Å². The number of aliphatic hydroxyl groups excluding tert-OH is 1. The van der Waals surface area contributed by atoms with Crippen LogP contribution in [0.4, 0.5) is 8.78 Å². The summed E-state index contributed by atoms with van der Waals surface area (Å²) in [5.41, 5.74) is -0.593. The number of alkyl halides is 2. The van der Waals surface area contributed by atoms with Gasteiger partial charge < -0.3 is 5.11 Å². The minimum atomic E-state index is -2.80. The van der Waals surface area contributed by atoms with E-state index in [4.69, 9.17) is 10.4 Å². The molecular formula is C8H5F2IN2O. The highest BCUT2D eigenvalue weighted by Gasteiger charge is 2.19. The van der Waals surface area contributed by atoms with Crippen LogP contribution in [0.3, 0.4) is 0 Å². The van der Waals surface area contributed by atoms with Crippen LogP contribution in [0.2, 0.25) is 0 Å². The van der Waals surface area contributed by atoms with Crippen molar-refractivity contribution in [1.82, 2.24) is 4.98 Å². The molecule has 0 radical (unpaired) electrons. The average molecular weight is 310 g/mol. The van der Waals surface area contributed by atoms with Crippen LogP contribution in [0.1, 0.15) is 23.2 Å². The summed E-state index contributed by atoms with van der Waals surface area (Å²) in [6.07, 6.45) is -1.58. The number of aliphatic hydroxyl groups is 1. The molecule has 1 rings (SSSR count). The van der Waals surface area contributed by atoms with Crippen LogP contribution in [0, 0.1) is 14.9 Å². The Kier molecular flexibility index (Phi) is 3.71. The summed E-state index contributed by atoms with van der Waals surface area (Å²) in [6.45, 7) is -0.441. The molecule has 1 aromatic rings. The normalized spacial score (nSPS) is 10.3. The second-order valence-electron chi connectivity index (χ2n) is 2.42. The molecule has 0 unspecified atom stereocenters. The van der Waals surface area contributed by atoms with Gasteiger partial charge in [0.15, 0.2) is 0 Å². The highest BCUT2D eigenvalue weighted by Crippen LogP contribution is 2.25. The van der Waals surface area contributed by atoms with E-state index in [1.54, 1.807) is 6.07 Å². The van der Waals surface area contributed by atoms with E-state index in [2.05, 4.69) is 4.98 Å². The highest BCUT2D eigenvalue weighted by molar-refractivity contribution is 14.1. The molecule has 0 atom stereocenters. The maximum Gasteiger partial charge on any atom is 0.281 e. The molecule has 1 aromatic heterocycles. The third-order valence-electron chi connectivity index (χ3n) is 1.64. The van der Waals surface area contributed by atoms with Crippen molar-refractivity contribution in [3.05, 3.63) is 26.6 Å². The topological polar surface area (TPSA) is 56.9 Å². The minimum Gasteiger partial charge on any atom is -0.392 e. The van der Waals surface area contributed by atoms with Crippen LogP contribution in [0.25, 0.3) is 0 Å². The standard InChI is InChI=1S/C8H5F2IN2O/c9-8(10)7-4(1-12)5(3-14)6(11)2-13-7/h2,8,14H,3H2. The summed E-state index contributed by atoms with van der Waals surface area (Å²) >= 11 is 1.83. The maximum absolute atomic E-state index is 12.4. The van der Waals surface area contributed by atoms with Gasteiger partial charge in [-0.25, -0.2) is 8.78 Å². The lowest BCUT2D eigenvalue weighted by molar-refractivity contribution is 0.145. The van der Waals surface area contributed by atoms with Gasteiger partial charge in [-0.15, -0.1) is 0 Å². The van der Waals surface area contributed by atoms with Crippen molar-refractivity contribution in [2.24, 2.45) is 0 Å². The van der Waals surface area contributed by atoms with Gasteiger partial charge in [-0.1, -0.05) is 0 Å². The third kappa shape index (κ3) is 1.99. The van der Waals surface area contributed by atoms with Gasteiger partial charge in [0.25, 0.3) is 6.43 Å². The summed E-state index contributed by atoms with van der Waals surface area (Å²) in [5.74, 6) is 0. The lowest BCUT2D eigenvalue weighted by atomic mass is 10.1. The first kappa shape index (κ1) is 11.3. The van der Waals surface area contributed by atoms with Gasteiger partial charge in [-0.2, -0.15) is 5.26 Å². The molecule has 0 amide bonds. The molecule has 3 nitrogen and oxygen atoms in total. The predicted octanol–water partition coefficient (Wildman–Crippen LogP) is 1.99. The van der Waals surface area contributed by atoms with Gasteiger partial charge in [0.2, 0.25) is 0 Å². The molecule has 0 spiro atoms. The van der Waals surface area contributed by atoms with Crippen LogP contribution >= 0.6 is 22.6 Å². The van der Waals surface area contributed by atoms with E-state index in [-0.39, 0.29) is 11.1 Å². The fourth-order valence-electron chi connectivity index (χ4n) is 0.987. The Morgan fingerprint density at radius 3 is 2.71 bits per heavy atom. The number of pyridine rings is 1. The molecule has 0 saturated carbocycles. The van der Waals surface area contributed by atoms with Crippen molar-refractivity contribution < 1.29 is 13.9 Å². The first-order chi connectivity index (χ1) is 6.61. The molecule has 0 fully saturated rings. The Morgan fingerprint density at radius 1 is 1.64 bits per heavy atom. The number of rotatable bonds is 2. The molecule has 6 heteroatoms. The summed E-state index contributed by atoms with van der Waals surface area (Å²) in [4.78, 5) is 3.47. The molecule has 1 N–H and O–H groups in total. The number of hydrogen-bond donors (Lipinski definition) is 1. The molecule has 0 aliphatic rings. The summed E-state index contributed by atoms with van der Waals surface area (Å²) in [5, 5.41) is 17.6. The number of nitriles is 1. The van der Waals surface area contributed by atoms with E-state index in [1.165, 1.54) is 6.20 Å². The molecule has 0 aliphatic carbocycles. The summed E-state index contributed by atoms with van der Waals surface area (Å²) in [7, 11) is 0. The van der Waals surface area contributed by atoms with Crippen molar-refractivity contribution in [2.75, 3.05) is 0 Å². The van der Waals surface area contributed by atoms with E-state index in [0.717, 1.165) is 0 Å². The van der Waals surface area contributed by atoms with E-state index >= 15 is 0 Å². The second kappa shape index (κ2) is 4.61. The molecular weight excluding hydrogens is 305 g/mol. The average Bonchev–Trinajstić information content (AvgIpc) is 2.16. The van der Waals surface area contributed by atoms with Crippen LogP contribution in [0.5, 0.6) is 0 Å². The zero-order chi connectivity index (χ0) is 10.7. The first-order valence-corrected chi connectivity index (χ1v) is 4.66. The molecule has 14 heavy (non-hydrogen) atoms. The number of aromatic nitrogens is 1. The molecule has 0 saturated heterocycles. The Hall–Kier alpha value is -0.810. The maximum atomic E-state index is 12.4. The number of halogens is 3. The smallest absolute Gasteiger partial charge is 0.281 e. The zero-order valence-corrected chi connectivity index (χ0v) is 8.99. The Morgan fingerprint density at radius 2 is 2.29 bits per heavy atom. The lowest BCUT2D eigenvalue weighted by Gasteiger charge is -2.07. The van der Waals surface area contributed by atoms with E-state index in [1.807, 2.05) is 22.6 Å². The van der Waals surface area contributed by atoms with Crippen molar-refractivity contribution in [2.45, 2.75) is 13.0 Å². The Bertz CT molecular complexity index is 390. The molecule has 74 valence electrons. The molecule has 0 bridgehead atoms. The SMILES string of the molecule is N#Cc1c(C(F)F)ncc(I)c1CO. The van der Waals surface area contributed by atoms with Crippen molar-refractivity contribution >= 4 is 22.6 Å². The van der Waals surface area contributed by atoms with Gasteiger partial charge in [0.05, 0.1) is 12.2 Å². The lowest BCUT2D eigenvalue weighted by Crippen LogP contribution is -2.03. The predicted molar refractivity (Wildman–Crippen MR) is 52.5 cm³/mol. The number of nitrogens with zero attached hydrogens (tertiary/aromatic N) is 2. The van der Waals surface area contributed by atoms with E-state index in [9.17, 15) is 8.78 Å². The fourth-order valence-corrected chi connectivity index (χ4v) is 1.57. The van der Waals surface area contributed by atoms with Crippen molar-refractivity contribution in [3.8, 4) is 6.07 Å². The first-order valence-electron chi connectivity index (χ1n) is 3.58. The molecule has 0 aliphatic heterocycles. The van der Waals surface area contributed by atoms with Crippen molar-refractivity contribution in [3.63, 3.8) is 0 Å². The van der Waals surface area contributed by atoms with Crippen LogP contribution < -0.4 is 0 Å². The molecule has 0 aromatic carbocycles. The fraction of sp³-hybridized carbons (Fsp3) is 0.250. The Labute approximate surface area is 92.5 Å². The third-order valence-corrected chi connectivity index (χ3v) is 2.57. The summed E-state index contributed by atoms with van der Waals surface area (Å²) in [6, 6.07) is 1.63. The van der Waals surface area contributed by atoms with Gasteiger partial charge >= 0.3 is 0 Å². The highest BCUT2D eigenvalue weighted by atomic mass is 127. The van der Waals surface area contributed by atoms with Gasteiger partial charge in [0, 0.05) is 15.3 Å².